The Bertz CT molecular complexity index is 498. The molecule has 0 aromatic heterocycles. The molecule has 2 rings (SSSR count). The Morgan fingerprint density at radius 2 is 1.67 bits per heavy atom. The number of rotatable bonds is 4. The largest absolute Gasteiger partial charge is 0.492 e. The Morgan fingerprint density at radius 1 is 1.06 bits per heavy atom. The van der Waals surface area contributed by atoms with Crippen molar-refractivity contribution in [2.45, 2.75) is 6.04 Å². The molecule has 0 amide bonds. The van der Waals surface area contributed by atoms with Gasteiger partial charge in [0, 0.05) is 4.47 Å². The summed E-state index contributed by atoms with van der Waals surface area (Å²) in [6.45, 7) is 0.354. The molecular formula is C14H13BrFNO. The number of hydrogen-bond acceptors (Lipinski definition) is 2. The van der Waals surface area contributed by atoms with E-state index in [1.54, 1.807) is 12.1 Å². The second-order valence-electron chi connectivity index (χ2n) is 3.92. The zero-order chi connectivity index (χ0) is 13.0. The van der Waals surface area contributed by atoms with Gasteiger partial charge >= 0.3 is 0 Å². The van der Waals surface area contributed by atoms with Gasteiger partial charge in [0.1, 0.15) is 18.2 Å². The number of benzene rings is 2. The molecule has 4 heteroatoms. The summed E-state index contributed by atoms with van der Waals surface area (Å²) in [5.74, 6) is 0.337. The molecule has 0 aliphatic heterocycles. The summed E-state index contributed by atoms with van der Waals surface area (Å²) in [6.07, 6.45) is 0. The van der Waals surface area contributed by atoms with E-state index in [0.29, 0.717) is 12.4 Å². The van der Waals surface area contributed by atoms with Crippen molar-refractivity contribution >= 4 is 15.9 Å². The highest BCUT2D eigenvalue weighted by Crippen LogP contribution is 2.17. The first-order valence-electron chi connectivity index (χ1n) is 5.54. The van der Waals surface area contributed by atoms with Crippen molar-refractivity contribution in [3.63, 3.8) is 0 Å². The van der Waals surface area contributed by atoms with Crippen LogP contribution in [0.2, 0.25) is 0 Å². The van der Waals surface area contributed by atoms with Crippen molar-refractivity contribution in [1.82, 2.24) is 0 Å². The molecule has 0 fully saturated rings. The van der Waals surface area contributed by atoms with Gasteiger partial charge in [-0.05, 0) is 42.0 Å². The van der Waals surface area contributed by atoms with Crippen molar-refractivity contribution in [2.24, 2.45) is 5.73 Å². The quantitative estimate of drug-likeness (QED) is 0.935. The lowest BCUT2D eigenvalue weighted by Gasteiger charge is -2.13. The predicted octanol–water partition coefficient (Wildman–Crippen LogP) is 3.67. The number of hydrogen-bond donors (Lipinski definition) is 1. The van der Waals surface area contributed by atoms with Gasteiger partial charge in [0.2, 0.25) is 0 Å². The van der Waals surface area contributed by atoms with Gasteiger partial charge in [-0.1, -0.05) is 28.1 Å². The minimum atomic E-state index is -0.278. The zero-order valence-electron chi connectivity index (χ0n) is 9.64. The molecule has 0 saturated carbocycles. The third kappa shape index (κ3) is 3.55. The van der Waals surface area contributed by atoms with Gasteiger partial charge in [0.05, 0.1) is 6.04 Å². The standard InChI is InChI=1S/C14H13BrFNO/c15-11-3-1-10(2-4-11)14(17)9-18-13-7-5-12(16)6-8-13/h1-8,14H,9,17H2. The lowest BCUT2D eigenvalue weighted by Crippen LogP contribution is -2.18. The molecule has 0 heterocycles. The average Bonchev–Trinajstić information content (AvgIpc) is 2.38. The molecule has 0 radical (unpaired) electrons. The van der Waals surface area contributed by atoms with E-state index in [0.717, 1.165) is 10.0 Å². The highest BCUT2D eigenvalue weighted by Gasteiger charge is 2.06. The van der Waals surface area contributed by atoms with Crippen LogP contribution in [0.15, 0.2) is 53.0 Å². The van der Waals surface area contributed by atoms with Gasteiger partial charge in [0.25, 0.3) is 0 Å². The molecule has 2 N–H and O–H groups in total. The van der Waals surface area contributed by atoms with Gasteiger partial charge in [-0.2, -0.15) is 0 Å². The topological polar surface area (TPSA) is 35.2 Å². The van der Waals surface area contributed by atoms with Crippen LogP contribution in [0.4, 0.5) is 4.39 Å². The van der Waals surface area contributed by atoms with Crippen LogP contribution in [-0.4, -0.2) is 6.61 Å². The van der Waals surface area contributed by atoms with Crippen LogP contribution in [0.25, 0.3) is 0 Å². The molecule has 0 spiro atoms. The van der Waals surface area contributed by atoms with E-state index in [2.05, 4.69) is 15.9 Å². The maximum atomic E-state index is 12.7. The molecule has 2 aromatic carbocycles. The summed E-state index contributed by atoms with van der Waals surface area (Å²) < 4.78 is 19.2. The van der Waals surface area contributed by atoms with E-state index in [4.69, 9.17) is 10.5 Å². The summed E-state index contributed by atoms with van der Waals surface area (Å²) >= 11 is 3.37. The van der Waals surface area contributed by atoms with Crippen molar-refractivity contribution < 1.29 is 9.13 Å². The van der Waals surface area contributed by atoms with Gasteiger partial charge in [-0.25, -0.2) is 4.39 Å². The van der Waals surface area contributed by atoms with E-state index < -0.39 is 0 Å². The second-order valence-corrected chi connectivity index (χ2v) is 4.84. The number of halogens is 2. The van der Waals surface area contributed by atoms with Crippen molar-refractivity contribution in [2.75, 3.05) is 6.61 Å². The normalized spacial score (nSPS) is 12.2. The molecule has 0 aliphatic carbocycles. The maximum Gasteiger partial charge on any atom is 0.123 e. The van der Waals surface area contributed by atoms with Crippen molar-refractivity contribution in [3.8, 4) is 5.75 Å². The van der Waals surface area contributed by atoms with Crippen LogP contribution < -0.4 is 10.5 Å². The van der Waals surface area contributed by atoms with Gasteiger partial charge < -0.3 is 10.5 Å². The molecule has 0 bridgehead atoms. The summed E-state index contributed by atoms with van der Waals surface area (Å²) in [7, 11) is 0. The molecule has 18 heavy (non-hydrogen) atoms. The SMILES string of the molecule is NC(COc1ccc(F)cc1)c1ccc(Br)cc1. The first-order valence-corrected chi connectivity index (χ1v) is 6.34. The second kappa shape index (κ2) is 5.98. The molecule has 1 unspecified atom stereocenters. The third-order valence-corrected chi connectivity index (χ3v) is 3.07. The number of nitrogens with two attached hydrogens (primary N) is 1. The molecule has 2 aromatic rings. The van der Waals surface area contributed by atoms with Crippen LogP contribution in [0.3, 0.4) is 0 Å². The van der Waals surface area contributed by atoms with Crippen molar-refractivity contribution in [3.05, 3.63) is 64.4 Å². The van der Waals surface area contributed by atoms with E-state index >= 15 is 0 Å². The lowest BCUT2D eigenvalue weighted by molar-refractivity contribution is 0.290. The first-order chi connectivity index (χ1) is 8.65. The third-order valence-electron chi connectivity index (χ3n) is 2.54. The Kier molecular flexibility index (Phi) is 4.33. The smallest absolute Gasteiger partial charge is 0.123 e. The average molecular weight is 310 g/mol. The monoisotopic (exact) mass is 309 g/mol. The molecule has 0 saturated heterocycles. The summed E-state index contributed by atoms with van der Waals surface area (Å²) in [5, 5.41) is 0. The van der Waals surface area contributed by atoms with Crippen LogP contribution in [0.1, 0.15) is 11.6 Å². The zero-order valence-corrected chi connectivity index (χ0v) is 11.2. The van der Waals surface area contributed by atoms with Crippen LogP contribution in [-0.2, 0) is 0 Å². The Morgan fingerprint density at radius 3 is 2.28 bits per heavy atom. The van der Waals surface area contributed by atoms with E-state index in [9.17, 15) is 4.39 Å². The Balaban J connectivity index is 1.93. The highest BCUT2D eigenvalue weighted by molar-refractivity contribution is 9.10. The fourth-order valence-corrected chi connectivity index (χ4v) is 1.79. The summed E-state index contributed by atoms with van der Waals surface area (Å²) in [4.78, 5) is 0. The van der Waals surface area contributed by atoms with Gasteiger partial charge in [0.15, 0.2) is 0 Å². The van der Waals surface area contributed by atoms with Crippen LogP contribution in [0, 0.1) is 5.82 Å². The fraction of sp³-hybridized carbons (Fsp3) is 0.143. The minimum Gasteiger partial charge on any atom is -0.492 e. The number of ether oxygens (including phenoxy) is 1. The Labute approximate surface area is 114 Å². The van der Waals surface area contributed by atoms with E-state index in [1.807, 2.05) is 24.3 Å². The predicted molar refractivity (Wildman–Crippen MR) is 73.0 cm³/mol. The summed E-state index contributed by atoms with van der Waals surface area (Å²) in [5.41, 5.74) is 7.01. The lowest BCUT2D eigenvalue weighted by atomic mass is 10.1. The first kappa shape index (κ1) is 13.1. The maximum absolute atomic E-state index is 12.7. The summed E-state index contributed by atoms with van der Waals surface area (Å²) in [6, 6.07) is 13.5. The van der Waals surface area contributed by atoms with Gasteiger partial charge in [-0.15, -0.1) is 0 Å². The molecule has 94 valence electrons. The molecule has 0 aliphatic rings. The fourth-order valence-electron chi connectivity index (χ4n) is 1.52. The van der Waals surface area contributed by atoms with E-state index in [-0.39, 0.29) is 11.9 Å². The Hall–Kier alpha value is -1.39. The van der Waals surface area contributed by atoms with Crippen LogP contribution >= 0.6 is 15.9 Å². The minimum absolute atomic E-state index is 0.205. The van der Waals surface area contributed by atoms with E-state index in [1.165, 1.54) is 12.1 Å². The van der Waals surface area contributed by atoms with Crippen LogP contribution in [0.5, 0.6) is 5.75 Å². The molecule has 2 nitrogen and oxygen atoms in total. The van der Waals surface area contributed by atoms with Crippen molar-refractivity contribution in [1.29, 1.82) is 0 Å². The van der Waals surface area contributed by atoms with Gasteiger partial charge in [-0.3, -0.25) is 0 Å². The molecular weight excluding hydrogens is 297 g/mol. The molecule has 1 atom stereocenters. The highest BCUT2D eigenvalue weighted by atomic mass is 79.9.